The number of thiazole rings is 1. The quantitative estimate of drug-likeness (QED) is 0.477. The van der Waals surface area contributed by atoms with E-state index in [-0.39, 0.29) is 0 Å². The summed E-state index contributed by atoms with van der Waals surface area (Å²) in [7, 11) is 0. The highest BCUT2D eigenvalue weighted by atomic mass is 32.1. The van der Waals surface area contributed by atoms with Gasteiger partial charge in [-0.15, -0.1) is 11.3 Å². The van der Waals surface area contributed by atoms with Crippen molar-refractivity contribution in [2.24, 2.45) is 11.7 Å². The fourth-order valence-corrected chi connectivity index (χ4v) is 1.78. The minimum atomic E-state index is 1.15. The maximum Gasteiger partial charge on any atom is 0.0841 e. The summed E-state index contributed by atoms with van der Waals surface area (Å²) < 4.78 is 1.28. The van der Waals surface area contributed by atoms with Gasteiger partial charge in [0.2, 0.25) is 0 Å². The van der Waals surface area contributed by atoms with Gasteiger partial charge in [-0.1, -0.05) is 12.1 Å². The van der Waals surface area contributed by atoms with Gasteiger partial charge in [0.15, 0.2) is 0 Å². The fourth-order valence-electron chi connectivity index (χ4n) is 1.03. The minimum absolute atomic E-state index is 1.15. The van der Waals surface area contributed by atoms with E-state index in [1.165, 1.54) is 10.3 Å². The van der Waals surface area contributed by atoms with Crippen LogP contribution in [0.5, 0.6) is 0 Å². The molecule has 64 valence electrons. The Kier molecular flexibility index (Phi) is 3.16. The van der Waals surface area contributed by atoms with Crippen molar-refractivity contribution < 1.29 is 0 Å². The normalized spacial score (nSPS) is 9.25. The van der Waals surface area contributed by atoms with Gasteiger partial charge in [0.25, 0.3) is 0 Å². The molecule has 12 heavy (non-hydrogen) atoms. The van der Waals surface area contributed by atoms with Crippen LogP contribution in [0.15, 0.2) is 23.7 Å². The molecule has 0 aliphatic carbocycles. The number of hydrazine groups is 1. The van der Waals surface area contributed by atoms with E-state index in [4.69, 9.17) is 0 Å². The van der Waals surface area contributed by atoms with Crippen molar-refractivity contribution >= 4 is 21.6 Å². The third-order valence-electron chi connectivity index (χ3n) is 1.56. The molecule has 0 unspecified atom stereocenters. The van der Waals surface area contributed by atoms with Gasteiger partial charge in [-0.3, -0.25) is 11.7 Å². The van der Waals surface area contributed by atoms with Crippen molar-refractivity contribution in [3.05, 3.63) is 29.3 Å². The Labute approximate surface area is 75.0 Å². The Hall–Kier alpha value is -0.970. The molecule has 3 nitrogen and oxygen atoms in total. The number of hydrogen-bond donors (Lipinski definition) is 2. The molecule has 0 amide bonds. The van der Waals surface area contributed by atoms with Gasteiger partial charge >= 0.3 is 0 Å². The standard InChI is InChI=1S/C8H7NS.H4N2/c1-6-3-2-4-7-8(6)9-5-10-7;1-2/h2-5H,1H3;1-2H2. The molecule has 0 spiro atoms. The number of para-hydroxylation sites is 1. The second-order valence-corrected chi connectivity index (χ2v) is 3.16. The highest BCUT2D eigenvalue weighted by Crippen LogP contribution is 2.19. The van der Waals surface area contributed by atoms with Crippen molar-refractivity contribution in [1.82, 2.24) is 4.98 Å². The lowest BCUT2D eigenvalue weighted by Gasteiger charge is -1.90. The monoisotopic (exact) mass is 181 g/mol. The van der Waals surface area contributed by atoms with Crippen molar-refractivity contribution in [2.75, 3.05) is 0 Å². The first-order valence-corrected chi connectivity index (χ1v) is 4.38. The average molecular weight is 181 g/mol. The second-order valence-electron chi connectivity index (χ2n) is 2.27. The van der Waals surface area contributed by atoms with E-state index < -0.39 is 0 Å². The highest BCUT2D eigenvalue weighted by Gasteiger charge is 1.96. The summed E-state index contributed by atoms with van der Waals surface area (Å²) in [5.74, 6) is 8.00. The van der Waals surface area contributed by atoms with Crippen LogP contribution in [0.4, 0.5) is 0 Å². The molecule has 2 aromatic rings. The largest absolute Gasteiger partial charge is 0.274 e. The lowest BCUT2D eigenvalue weighted by Crippen LogP contribution is -2.02. The summed E-state index contributed by atoms with van der Waals surface area (Å²) >= 11 is 1.69. The molecular weight excluding hydrogens is 170 g/mol. The second kappa shape index (κ2) is 4.15. The van der Waals surface area contributed by atoms with Crippen LogP contribution in [0.3, 0.4) is 0 Å². The van der Waals surface area contributed by atoms with Gasteiger partial charge in [0, 0.05) is 0 Å². The first kappa shape index (κ1) is 9.12. The molecule has 0 saturated heterocycles. The molecule has 0 aliphatic heterocycles. The summed E-state index contributed by atoms with van der Waals surface area (Å²) in [6.07, 6.45) is 0. The van der Waals surface area contributed by atoms with E-state index in [1.807, 2.05) is 5.51 Å². The van der Waals surface area contributed by atoms with Gasteiger partial charge in [-0.25, -0.2) is 4.98 Å². The zero-order chi connectivity index (χ0) is 8.97. The van der Waals surface area contributed by atoms with E-state index in [2.05, 4.69) is 41.8 Å². The maximum absolute atomic E-state index is 4.24. The van der Waals surface area contributed by atoms with Crippen LogP contribution in [0.25, 0.3) is 10.2 Å². The number of aromatic nitrogens is 1. The smallest absolute Gasteiger partial charge is 0.0841 e. The van der Waals surface area contributed by atoms with Crippen LogP contribution in [0.1, 0.15) is 5.56 Å². The Bertz CT molecular complexity index is 356. The van der Waals surface area contributed by atoms with E-state index in [0.29, 0.717) is 0 Å². The van der Waals surface area contributed by atoms with Gasteiger partial charge in [-0.2, -0.15) is 0 Å². The van der Waals surface area contributed by atoms with Crippen molar-refractivity contribution in [1.29, 1.82) is 0 Å². The Morgan fingerprint density at radius 2 is 2.08 bits per heavy atom. The third kappa shape index (κ3) is 1.61. The van der Waals surface area contributed by atoms with Crippen LogP contribution in [0, 0.1) is 6.92 Å². The SMILES string of the molecule is Cc1cccc2scnc12.NN. The van der Waals surface area contributed by atoms with Crippen LogP contribution in [-0.4, -0.2) is 4.98 Å². The molecule has 0 bridgehead atoms. The van der Waals surface area contributed by atoms with Crippen LogP contribution >= 0.6 is 11.3 Å². The summed E-state index contributed by atoms with van der Waals surface area (Å²) in [4.78, 5) is 4.24. The van der Waals surface area contributed by atoms with Crippen LogP contribution in [0.2, 0.25) is 0 Å². The van der Waals surface area contributed by atoms with Crippen molar-refractivity contribution in [2.45, 2.75) is 6.92 Å². The average Bonchev–Trinajstić information content (AvgIpc) is 2.57. The molecular formula is C8H11N3S. The number of nitrogens with two attached hydrogens (primary N) is 2. The molecule has 4 N–H and O–H groups in total. The summed E-state index contributed by atoms with van der Waals surface area (Å²) in [5, 5.41) is 0. The summed E-state index contributed by atoms with van der Waals surface area (Å²) in [5.41, 5.74) is 4.30. The molecule has 0 aliphatic rings. The molecule has 0 atom stereocenters. The molecule has 2 rings (SSSR count). The number of hydrogen-bond acceptors (Lipinski definition) is 4. The first-order valence-electron chi connectivity index (χ1n) is 3.50. The lowest BCUT2D eigenvalue weighted by molar-refractivity contribution is 1.26. The number of benzene rings is 1. The Morgan fingerprint density at radius 3 is 2.75 bits per heavy atom. The number of nitrogens with zero attached hydrogens (tertiary/aromatic N) is 1. The predicted molar refractivity (Wildman–Crippen MR) is 52.7 cm³/mol. The molecule has 0 fully saturated rings. The summed E-state index contributed by atoms with van der Waals surface area (Å²) in [6.45, 7) is 2.09. The van der Waals surface area contributed by atoms with Crippen molar-refractivity contribution in [3.63, 3.8) is 0 Å². The Morgan fingerprint density at radius 1 is 1.33 bits per heavy atom. The number of fused-ring (bicyclic) bond motifs is 1. The molecule has 1 aromatic heterocycles. The molecule has 4 heteroatoms. The molecule has 0 saturated carbocycles. The van der Waals surface area contributed by atoms with E-state index in [0.717, 1.165) is 5.52 Å². The van der Waals surface area contributed by atoms with Gasteiger partial charge in [0.1, 0.15) is 0 Å². The van der Waals surface area contributed by atoms with E-state index in [9.17, 15) is 0 Å². The van der Waals surface area contributed by atoms with Crippen LogP contribution < -0.4 is 11.7 Å². The predicted octanol–water partition coefficient (Wildman–Crippen LogP) is 1.42. The zero-order valence-corrected chi connectivity index (χ0v) is 7.64. The summed E-state index contributed by atoms with van der Waals surface area (Å²) in [6, 6.07) is 6.25. The highest BCUT2D eigenvalue weighted by molar-refractivity contribution is 7.16. The zero-order valence-electron chi connectivity index (χ0n) is 6.82. The van der Waals surface area contributed by atoms with E-state index in [1.54, 1.807) is 11.3 Å². The van der Waals surface area contributed by atoms with Gasteiger partial charge < -0.3 is 0 Å². The van der Waals surface area contributed by atoms with E-state index >= 15 is 0 Å². The van der Waals surface area contributed by atoms with Gasteiger partial charge in [0.05, 0.1) is 15.7 Å². The number of aryl methyl sites for hydroxylation is 1. The fraction of sp³-hybridized carbons (Fsp3) is 0.125. The molecule has 1 aromatic carbocycles. The molecule has 1 heterocycles. The third-order valence-corrected chi connectivity index (χ3v) is 2.36. The lowest BCUT2D eigenvalue weighted by atomic mass is 10.2. The minimum Gasteiger partial charge on any atom is -0.274 e. The maximum atomic E-state index is 4.24. The Balaban J connectivity index is 0.000000336. The molecule has 0 radical (unpaired) electrons. The van der Waals surface area contributed by atoms with Crippen molar-refractivity contribution in [3.8, 4) is 0 Å². The number of rotatable bonds is 0. The topological polar surface area (TPSA) is 64.9 Å². The van der Waals surface area contributed by atoms with Crippen LogP contribution in [-0.2, 0) is 0 Å². The van der Waals surface area contributed by atoms with Gasteiger partial charge in [-0.05, 0) is 18.6 Å². The first-order chi connectivity index (χ1) is 5.88.